The highest BCUT2D eigenvalue weighted by molar-refractivity contribution is 5.44. The molecule has 0 bridgehead atoms. The zero-order valence-corrected chi connectivity index (χ0v) is 23.1. The topological polar surface area (TPSA) is 32.7 Å². The molecule has 1 atom stereocenters. The maximum absolute atomic E-state index is 12.0. The molecule has 37 heavy (non-hydrogen) atoms. The number of likely N-dealkylation sites (tertiary alicyclic amines) is 1. The number of β-amino-alcohol motifs (C(OH)–C–C–N with tert-alkyl or cyclic N) is 1. The van der Waals surface area contributed by atoms with Gasteiger partial charge in [0.2, 0.25) is 0 Å². The van der Waals surface area contributed by atoms with Crippen molar-refractivity contribution in [1.29, 1.82) is 0 Å². The first-order valence-corrected chi connectivity index (χ1v) is 14.2. The maximum atomic E-state index is 12.0. The quantitative estimate of drug-likeness (QED) is 0.256. The van der Waals surface area contributed by atoms with E-state index in [4.69, 9.17) is 4.74 Å². The van der Waals surface area contributed by atoms with Crippen LogP contribution >= 0.6 is 0 Å². The lowest BCUT2D eigenvalue weighted by atomic mass is 9.77. The second kappa shape index (κ2) is 12.8. The van der Waals surface area contributed by atoms with Gasteiger partial charge in [0.1, 0.15) is 18.0 Å². The summed E-state index contributed by atoms with van der Waals surface area (Å²) in [5.74, 6) is 0.826. The first-order valence-electron chi connectivity index (χ1n) is 14.2. The Morgan fingerprint density at radius 1 is 0.892 bits per heavy atom. The minimum absolute atomic E-state index is 0.0612. The molecule has 0 amide bonds. The molecule has 3 nitrogen and oxygen atoms in total. The van der Waals surface area contributed by atoms with Crippen LogP contribution in [0, 0.1) is 0 Å². The Kier molecular flexibility index (Phi) is 9.45. The Balaban J connectivity index is 1.58. The van der Waals surface area contributed by atoms with E-state index in [1.165, 1.54) is 36.8 Å². The third-order valence-electron chi connectivity index (χ3n) is 7.96. The lowest BCUT2D eigenvalue weighted by Crippen LogP contribution is -2.45. The van der Waals surface area contributed by atoms with Crippen molar-refractivity contribution in [3.05, 3.63) is 101 Å². The molecule has 4 rings (SSSR count). The minimum Gasteiger partial charge on any atom is -0.488 e. The summed E-state index contributed by atoms with van der Waals surface area (Å²) in [6.45, 7) is 9.91. The molecular formula is C34H45NO2. The largest absolute Gasteiger partial charge is 0.488 e. The Bertz CT molecular complexity index is 1100. The number of rotatable bonds is 12. The Labute approximate surface area is 224 Å². The van der Waals surface area contributed by atoms with E-state index in [9.17, 15) is 5.11 Å². The molecule has 0 aliphatic carbocycles. The fourth-order valence-electron chi connectivity index (χ4n) is 5.64. The summed E-state index contributed by atoms with van der Waals surface area (Å²) in [5, 5.41) is 12.0. The van der Waals surface area contributed by atoms with Crippen LogP contribution < -0.4 is 4.74 Å². The van der Waals surface area contributed by atoms with E-state index in [1.54, 1.807) is 0 Å². The average molecular weight is 500 g/mol. The van der Waals surface area contributed by atoms with Crippen molar-refractivity contribution in [3.63, 3.8) is 0 Å². The molecule has 3 aromatic rings. The molecule has 1 unspecified atom stereocenters. The van der Waals surface area contributed by atoms with E-state index in [-0.39, 0.29) is 5.41 Å². The fourth-order valence-corrected chi connectivity index (χ4v) is 5.64. The van der Waals surface area contributed by atoms with Gasteiger partial charge in [-0.2, -0.15) is 0 Å². The lowest BCUT2D eigenvalue weighted by Gasteiger charge is -2.40. The molecular weight excluding hydrogens is 454 g/mol. The Hall–Kier alpha value is -2.62. The summed E-state index contributed by atoms with van der Waals surface area (Å²) in [6, 6.07) is 27.5. The molecule has 1 aliphatic rings. The van der Waals surface area contributed by atoms with Crippen molar-refractivity contribution >= 4 is 0 Å². The minimum atomic E-state index is -0.928. The summed E-state index contributed by atoms with van der Waals surface area (Å²) >= 11 is 0. The molecule has 0 aromatic heterocycles. The summed E-state index contributed by atoms with van der Waals surface area (Å²) < 4.78 is 6.50. The molecule has 1 heterocycles. The number of hydrogen-bond donors (Lipinski definition) is 1. The number of piperidine rings is 1. The van der Waals surface area contributed by atoms with E-state index in [1.807, 2.05) is 18.2 Å². The van der Waals surface area contributed by atoms with Gasteiger partial charge in [0.05, 0.1) is 0 Å². The van der Waals surface area contributed by atoms with Crippen molar-refractivity contribution in [2.24, 2.45) is 0 Å². The standard InChI is InChI=1S/C34H45NO2/c1-4-5-6-13-21-33(2,3)30-19-20-31(32(24-30)37-26-29-17-11-8-12-18-29)34(36)22-14-23-35(27-34)25-28-15-9-7-10-16-28/h7-12,15-20,24,36H,4-6,13-14,21-23,25-27H2,1-3H3. The van der Waals surface area contributed by atoms with Gasteiger partial charge in [-0.15, -0.1) is 0 Å². The highest BCUT2D eigenvalue weighted by atomic mass is 16.5. The maximum Gasteiger partial charge on any atom is 0.126 e. The van der Waals surface area contributed by atoms with E-state index in [2.05, 4.69) is 86.3 Å². The van der Waals surface area contributed by atoms with Crippen LogP contribution in [-0.4, -0.2) is 23.1 Å². The van der Waals surface area contributed by atoms with Crippen LogP contribution in [0.2, 0.25) is 0 Å². The molecule has 0 radical (unpaired) electrons. The predicted octanol–water partition coefficient (Wildman–Crippen LogP) is 8.00. The molecule has 198 valence electrons. The summed E-state index contributed by atoms with van der Waals surface area (Å²) in [7, 11) is 0. The number of nitrogens with zero attached hydrogens (tertiary/aromatic N) is 1. The smallest absolute Gasteiger partial charge is 0.126 e. The van der Waals surface area contributed by atoms with Crippen LogP contribution in [0.5, 0.6) is 5.75 Å². The van der Waals surface area contributed by atoms with Gasteiger partial charge < -0.3 is 9.84 Å². The van der Waals surface area contributed by atoms with E-state index in [0.29, 0.717) is 13.2 Å². The van der Waals surface area contributed by atoms with Crippen LogP contribution in [0.3, 0.4) is 0 Å². The number of unbranched alkanes of at least 4 members (excludes halogenated alkanes) is 3. The van der Waals surface area contributed by atoms with Crippen LogP contribution in [-0.2, 0) is 24.2 Å². The van der Waals surface area contributed by atoms with Gasteiger partial charge in [-0.05, 0) is 54.0 Å². The van der Waals surface area contributed by atoms with Crippen LogP contribution in [0.25, 0.3) is 0 Å². The predicted molar refractivity (Wildman–Crippen MR) is 154 cm³/mol. The Morgan fingerprint density at radius 3 is 2.30 bits per heavy atom. The van der Waals surface area contributed by atoms with Gasteiger partial charge in [0, 0.05) is 18.7 Å². The van der Waals surface area contributed by atoms with Gasteiger partial charge >= 0.3 is 0 Å². The van der Waals surface area contributed by atoms with Gasteiger partial charge in [-0.25, -0.2) is 0 Å². The normalized spacial score (nSPS) is 18.6. The second-order valence-corrected chi connectivity index (χ2v) is 11.5. The van der Waals surface area contributed by atoms with Crippen LogP contribution in [0.4, 0.5) is 0 Å². The van der Waals surface area contributed by atoms with E-state index < -0.39 is 5.60 Å². The van der Waals surface area contributed by atoms with Crippen LogP contribution in [0.1, 0.15) is 88.0 Å². The highest BCUT2D eigenvalue weighted by Gasteiger charge is 2.38. The first kappa shape index (κ1) is 27.4. The summed E-state index contributed by atoms with van der Waals surface area (Å²) in [6.07, 6.45) is 7.94. The molecule has 3 aromatic carbocycles. The van der Waals surface area contributed by atoms with Gasteiger partial charge in [-0.3, -0.25) is 4.90 Å². The molecule has 1 N–H and O–H groups in total. The molecule has 1 fully saturated rings. The number of hydrogen-bond acceptors (Lipinski definition) is 3. The van der Waals surface area contributed by atoms with Crippen molar-refractivity contribution < 1.29 is 9.84 Å². The zero-order valence-electron chi connectivity index (χ0n) is 23.1. The fraction of sp³-hybridized carbons (Fsp3) is 0.471. The number of ether oxygens (including phenoxy) is 1. The third-order valence-corrected chi connectivity index (χ3v) is 7.96. The average Bonchev–Trinajstić information content (AvgIpc) is 2.91. The lowest BCUT2D eigenvalue weighted by molar-refractivity contribution is -0.0399. The highest BCUT2D eigenvalue weighted by Crippen LogP contribution is 2.41. The van der Waals surface area contributed by atoms with Crippen molar-refractivity contribution in [2.75, 3.05) is 13.1 Å². The van der Waals surface area contributed by atoms with E-state index >= 15 is 0 Å². The molecule has 1 saturated heterocycles. The third kappa shape index (κ3) is 7.46. The molecule has 1 aliphatic heterocycles. The summed E-state index contributed by atoms with van der Waals surface area (Å²) in [5.41, 5.74) is 3.77. The summed E-state index contributed by atoms with van der Waals surface area (Å²) in [4.78, 5) is 2.38. The first-order chi connectivity index (χ1) is 17.9. The van der Waals surface area contributed by atoms with Gasteiger partial charge in [0.15, 0.2) is 0 Å². The van der Waals surface area contributed by atoms with Gasteiger partial charge in [0.25, 0.3) is 0 Å². The SMILES string of the molecule is CCCCCCC(C)(C)c1ccc(C2(O)CCCN(Cc3ccccc3)C2)c(OCc2ccccc2)c1. The Morgan fingerprint density at radius 2 is 1.59 bits per heavy atom. The van der Waals surface area contributed by atoms with Gasteiger partial charge in [-0.1, -0.05) is 119 Å². The zero-order chi connectivity index (χ0) is 26.1. The van der Waals surface area contributed by atoms with E-state index in [0.717, 1.165) is 49.2 Å². The molecule has 0 spiro atoms. The van der Waals surface area contributed by atoms with Crippen molar-refractivity contribution in [2.45, 2.75) is 89.9 Å². The van der Waals surface area contributed by atoms with Crippen LogP contribution in [0.15, 0.2) is 78.9 Å². The second-order valence-electron chi connectivity index (χ2n) is 11.5. The number of aliphatic hydroxyl groups is 1. The number of benzene rings is 3. The molecule has 3 heteroatoms. The monoisotopic (exact) mass is 499 g/mol. The van der Waals surface area contributed by atoms with Crippen molar-refractivity contribution in [3.8, 4) is 5.75 Å². The van der Waals surface area contributed by atoms with Crippen molar-refractivity contribution in [1.82, 2.24) is 4.90 Å². The molecule has 0 saturated carbocycles.